The van der Waals surface area contributed by atoms with Crippen LogP contribution < -0.4 is 0 Å². The maximum atomic E-state index is 9.68. The van der Waals surface area contributed by atoms with Gasteiger partial charge < -0.3 is 5.11 Å². The van der Waals surface area contributed by atoms with Crippen LogP contribution in [0.5, 0.6) is 0 Å². The fraction of sp³-hybridized carbons (Fsp3) is 0.105. The van der Waals surface area contributed by atoms with Gasteiger partial charge in [-0.2, -0.15) is 0 Å². The number of aryl methyl sites for hydroxylation is 1. The molecule has 0 radical (unpaired) electrons. The highest BCUT2D eigenvalue weighted by atomic mass is 35.5. The lowest BCUT2D eigenvalue weighted by molar-refractivity contribution is 0.514. The molecule has 0 aliphatic rings. The molecule has 0 aliphatic heterocycles. The molecule has 3 heteroatoms. The van der Waals surface area contributed by atoms with Gasteiger partial charge in [0, 0.05) is 27.2 Å². The van der Waals surface area contributed by atoms with Crippen LogP contribution in [0.15, 0.2) is 49.0 Å². The van der Waals surface area contributed by atoms with E-state index in [9.17, 15) is 5.11 Å². The van der Waals surface area contributed by atoms with Gasteiger partial charge in [-0.1, -0.05) is 36.4 Å². The van der Waals surface area contributed by atoms with Gasteiger partial charge in [-0.05, 0) is 49.2 Å². The Bertz CT molecular complexity index is 899. The molecule has 0 atom stereocenters. The fourth-order valence-electron chi connectivity index (χ4n) is 2.67. The van der Waals surface area contributed by atoms with Crippen LogP contribution in [0.2, 0.25) is 5.02 Å². The van der Waals surface area contributed by atoms with E-state index in [0.29, 0.717) is 10.6 Å². The van der Waals surface area contributed by atoms with Gasteiger partial charge in [0.05, 0.1) is 5.52 Å². The maximum Gasteiger partial charge on any atom is 0.115 e. The van der Waals surface area contributed by atoms with Crippen molar-refractivity contribution in [2.24, 2.45) is 0 Å². The second-order valence-electron chi connectivity index (χ2n) is 5.36. The monoisotopic (exact) mass is 309 g/mol. The highest BCUT2D eigenvalue weighted by molar-refractivity contribution is 6.33. The van der Waals surface area contributed by atoms with Crippen LogP contribution in [0, 0.1) is 13.8 Å². The number of pyridine rings is 1. The number of fused-ring (bicyclic) bond motifs is 1. The number of benzene rings is 2. The van der Waals surface area contributed by atoms with E-state index in [2.05, 4.69) is 11.6 Å². The smallest absolute Gasteiger partial charge is 0.115 e. The summed E-state index contributed by atoms with van der Waals surface area (Å²) in [7, 11) is 0. The standard InChI is InChI=1S/C19H16ClNO/c1-11-12(2)21-18-9-8-14(13(3)22)10-16(18)19(11)15-6-4-5-7-17(15)20/h4-10,22H,3H2,1-2H3. The summed E-state index contributed by atoms with van der Waals surface area (Å²) < 4.78 is 0. The minimum atomic E-state index is 0.0465. The van der Waals surface area contributed by atoms with Gasteiger partial charge in [-0.3, -0.25) is 4.98 Å². The van der Waals surface area contributed by atoms with Crippen LogP contribution in [0.4, 0.5) is 0 Å². The summed E-state index contributed by atoms with van der Waals surface area (Å²) in [6, 6.07) is 13.4. The molecule has 0 amide bonds. The molecular weight excluding hydrogens is 294 g/mol. The SMILES string of the molecule is C=C(O)c1ccc2nc(C)c(C)c(-c3ccccc3Cl)c2c1. The van der Waals surface area contributed by atoms with Gasteiger partial charge in [0.15, 0.2) is 0 Å². The second-order valence-corrected chi connectivity index (χ2v) is 5.76. The Balaban J connectivity index is 2.45. The van der Waals surface area contributed by atoms with Crippen LogP contribution in [0.3, 0.4) is 0 Å². The number of aliphatic hydroxyl groups excluding tert-OH is 1. The third-order valence-corrected chi connectivity index (χ3v) is 4.28. The molecule has 0 spiro atoms. The number of aromatic nitrogens is 1. The van der Waals surface area contributed by atoms with Crippen LogP contribution in [0.1, 0.15) is 16.8 Å². The summed E-state index contributed by atoms with van der Waals surface area (Å²) in [6.45, 7) is 7.64. The van der Waals surface area contributed by atoms with Gasteiger partial charge >= 0.3 is 0 Å². The van der Waals surface area contributed by atoms with Crippen molar-refractivity contribution in [3.8, 4) is 11.1 Å². The third kappa shape index (κ3) is 2.36. The molecule has 2 nitrogen and oxygen atoms in total. The maximum absolute atomic E-state index is 9.68. The molecule has 1 aromatic heterocycles. The summed E-state index contributed by atoms with van der Waals surface area (Å²) in [5.74, 6) is 0.0465. The molecule has 0 fully saturated rings. The van der Waals surface area contributed by atoms with Crippen molar-refractivity contribution in [2.45, 2.75) is 13.8 Å². The summed E-state index contributed by atoms with van der Waals surface area (Å²) in [6.07, 6.45) is 0. The predicted molar refractivity (Wildman–Crippen MR) is 93.3 cm³/mol. The molecule has 3 aromatic rings. The molecule has 1 N–H and O–H groups in total. The Labute approximate surface area is 134 Å². The normalized spacial score (nSPS) is 10.9. The Morgan fingerprint density at radius 2 is 1.86 bits per heavy atom. The highest BCUT2D eigenvalue weighted by Gasteiger charge is 2.14. The molecule has 110 valence electrons. The van der Waals surface area contributed by atoms with E-state index >= 15 is 0 Å². The van der Waals surface area contributed by atoms with E-state index in [1.54, 1.807) is 0 Å². The molecule has 0 aliphatic carbocycles. The molecule has 0 saturated carbocycles. The molecule has 1 heterocycles. The van der Waals surface area contributed by atoms with E-state index in [0.717, 1.165) is 33.3 Å². The molecule has 0 unspecified atom stereocenters. The zero-order valence-electron chi connectivity index (χ0n) is 12.5. The summed E-state index contributed by atoms with van der Waals surface area (Å²) in [5, 5.41) is 11.3. The first kappa shape index (κ1) is 14.6. The number of hydrogen-bond donors (Lipinski definition) is 1. The number of aliphatic hydroxyl groups is 1. The van der Waals surface area contributed by atoms with Gasteiger partial charge in [0.2, 0.25) is 0 Å². The Morgan fingerprint density at radius 3 is 2.55 bits per heavy atom. The minimum Gasteiger partial charge on any atom is -0.508 e. The summed E-state index contributed by atoms with van der Waals surface area (Å²) in [5.41, 5.74) is 5.64. The first-order valence-electron chi connectivity index (χ1n) is 7.03. The van der Waals surface area contributed by atoms with Crippen LogP contribution in [-0.4, -0.2) is 10.1 Å². The topological polar surface area (TPSA) is 33.1 Å². The van der Waals surface area contributed by atoms with Crippen molar-refractivity contribution in [3.05, 3.63) is 70.9 Å². The zero-order valence-corrected chi connectivity index (χ0v) is 13.3. The zero-order chi connectivity index (χ0) is 15.9. The van der Waals surface area contributed by atoms with E-state index in [1.165, 1.54) is 0 Å². The van der Waals surface area contributed by atoms with Crippen molar-refractivity contribution < 1.29 is 5.11 Å². The fourth-order valence-corrected chi connectivity index (χ4v) is 2.90. The number of rotatable bonds is 2. The van der Waals surface area contributed by atoms with Gasteiger partial charge in [0.1, 0.15) is 5.76 Å². The molecule has 0 saturated heterocycles. The molecular formula is C19H16ClNO. The van der Waals surface area contributed by atoms with E-state index < -0.39 is 0 Å². The number of hydrogen-bond acceptors (Lipinski definition) is 2. The first-order valence-corrected chi connectivity index (χ1v) is 7.41. The van der Waals surface area contributed by atoms with E-state index in [4.69, 9.17) is 11.6 Å². The second kappa shape index (κ2) is 5.47. The van der Waals surface area contributed by atoms with Gasteiger partial charge in [-0.15, -0.1) is 0 Å². The molecule has 0 bridgehead atoms. The summed E-state index contributed by atoms with van der Waals surface area (Å²) >= 11 is 6.40. The van der Waals surface area contributed by atoms with Gasteiger partial charge in [-0.25, -0.2) is 0 Å². The van der Waals surface area contributed by atoms with Crippen LogP contribution in [-0.2, 0) is 0 Å². The average molecular weight is 310 g/mol. The minimum absolute atomic E-state index is 0.0465. The number of nitrogens with zero attached hydrogens (tertiary/aromatic N) is 1. The third-order valence-electron chi connectivity index (χ3n) is 3.95. The lowest BCUT2D eigenvalue weighted by Gasteiger charge is -2.15. The van der Waals surface area contributed by atoms with E-state index in [-0.39, 0.29) is 5.76 Å². The van der Waals surface area contributed by atoms with Gasteiger partial charge in [0.25, 0.3) is 0 Å². The van der Waals surface area contributed by atoms with Crippen LogP contribution in [0.25, 0.3) is 27.8 Å². The quantitative estimate of drug-likeness (QED) is 0.616. The molecule has 3 rings (SSSR count). The Morgan fingerprint density at radius 1 is 1.14 bits per heavy atom. The molecule has 2 aromatic carbocycles. The average Bonchev–Trinajstić information content (AvgIpc) is 2.49. The van der Waals surface area contributed by atoms with Crippen molar-refractivity contribution in [3.63, 3.8) is 0 Å². The van der Waals surface area contributed by atoms with E-state index in [1.807, 2.05) is 56.3 Å². The lowest BCUT2D eigenvalue weighted by Crippen LogP contribution is -1.96. The van der Waals surface area contributed by atoms with Crippen LogP contribution >= 0.6 is 11.6 Å². The predicted octanol–water partition coefficient (Wildman–Crippen LogP) is 5.70. The Hall–Kier alpha value is -2.32. The highest BCUT2D eigenvalue weighted by Crippen LogP contribution is 2.37. The summed E-state index contributed by atoms with van der Waals surface area (Å²) in [4.78, 5) is 4.64. The Kier molecular flexibility index (Phi) is 3.63. The largest absolute Gasteiger partial charge is 0.508 e. The number of halogens is 1. The van der Waals surface area contributed by atoms with Crippen molar-refractivity contribution in [2.75, 3.05) is 0 Å². The lowest BCUT2D eigenvalue weighted by atomic mass is 9.94. The van der Waals surface area contributed by atoms with Crippen molar-refractivity contribution in [1.82, 2.24) is 4.98 Å². The first-order chi connectivity index (χ1) is 10.5. The van der Waals surface area contributed by atoms with Crippen molar-refractivity contribution in [1.29, 1.82) is 0 Å². The molecule has 22 heavy (non-hydrogen) atoms. The van der Waals surface area contributed by atoms with Crippen molar-refractivity contribution >= 4 is 28.3 Å².